The quantitative estimate of drug-likeness (QED) is 0.870. The van der Waals surface area contributed by atoms with Gasteiger partial charge in [0.2, 0.25) is 6.79 Å². The summed E-state index contributed by atoms with van der Waals surface area (Å²) in [6.45, 7) is 4.62. The summed E-state index contributed by atoms with van der Waals surface area (Å²) in [4.78, 5) is 16.2. The Kier molecular flexibility index (Phi) is 4.05. The number of ether oxygens (including phenoxy) is 2. The molecule has 4 saturated heterocycles. The van der Waals surface area contributed by atoms with Crippen LogP contribution >= 0.6 is 0 Å². The fourth-order valence-corrected chi connectivity index (χ4v) is 5.66. The number of carboxylic acids is 1. The van der Waals surface area contributed by atoms with Crippen LogP contribution in [-0.4, -0.2) is 65.9 Å². The van der Waals surface area contributed by atoms with Crippen LogP contribution < -0.4 is 9.47 Å². The van der Waals surface area contributed by atoms with Gasteiger partial charge in [0, 0.05) is 31.0 Å². The third-order valence-corrected chi connectivity index (χ3v) is 6.75. The van der Waals surface area contributed by atoms with Crippen molar-refractivity contribution in [2.24, 2.45) is 5.92 Å². The highest BCUT2D eigenvalue weighted by molar-refractivity contribution is 5.66. The monoisotopic (exact) mass is 358 g/mol. The number of hydrogen-bond acceptors (Lipinski definition) is 5. The number of rotatable bonds is 5. The molecule has 1 N–H and O–H groups in total. The van der Waals surface area contributed by atoms with E-state index in [4.69, 9.17) is 14.6 Å². The van der Waals surface area contributed by atoms with Crippen LogP contribution in [0.4, 0.5) is 0 Å². The summed E-state index contributed by atoms with van der Waals surface area (Å²) in [5.74, 6) is 2.23. The molecule has 6 rings (SSSR count). The first-order valence-electron chi connectivity index (χ1n) is 9.80. The molecule has 5 aliphatic rings. The highest BCUT2D eigenvalue weighted by Gasteiger charge is 2.53. The molecule has 0 spiro atoms. The molecule has 0 radical (unpaired) electrons. The number of carbonyl (C=O) groups is 1. The third-order valence-electron chi connectivity index (χ3n) is 6.75. The second-order valence-electron chi connectivity index (χ2n) is 8.07. The lowest BCUT2D eigenvalue weighted by atomic mass is 9.75. The highest BCUT2D eigenvalue weighted by Crippen LogP contribution is 2.47. The molecule has 0 aromatic heterocycles. The fourth-order valence-electron chi connectivity index (χ4n) is 5.66. The van der Waals surface area contributed by atoms with Crippen LogP contribution in [0.3, 0.4) is 0 Å². The summed E-state index contributed by atoms with van der Waals surface area (Å²) < 4.78 is 11.1. The molecule has 2 bridgehead atoms. The number of piperidine rings is 3. The van der Waals surface area contributed by atoms with Crippen molar-refractivity contribution in [2.45, 2.75) is 43.7 Å². The molecule has 0 aliphatic carbocycles. The minimum absolute atomic E-state index is 0.261. The van der Waals surface area contributed by atoms with Gasteiger partial charge >= 0.3 is 5.97 Å². The van der Waals surface area contributed by atoms with E-state index < -0.39 is 5.97 Å². The van der Waals surface area contributed by atoms with Gasteiger partial charge in [-0.05, 0) is 62.5 Å². The smallest absolute Gasteiger partial charge is 0.303 e. The normalized spacial score (nSPS) is 34.8. The Morgan fingerprint density at radius 1 is 1.15 bits per heavy atom. The van der Waals surface area contributed by atoms with Crippen molar-refractivity contribution in [3.8, 4) is 11.5 Å². The van der Waals surface area contributed by atoms with Crippen LogP contribution in [0.25, 0.3) is 0 Å². The zero-order valence-corrected chi connectivity index (χ0v) is 15.0. The first-order chi connectivity index (χ1) is 12.7. The van der Waals surface area contributed by atoms with Crippen LogP contribution in [0.15, 0.2) is 18.2 Å². The van der Waals surface area contributed by atoms with Gasteiger partial charge in [-0.15, -0.1) is 0 Å². The first-order valence-corrected chi connectivity index (χ1v) is 9.80. The van der Waals surface area contributed by atoms with Crippen LogP contribution in [0.1, 0.15) is 37.2 Å². The third kappa shape index (κ3) is 2.67. The Bertz CT molecular complexity index is 701. The molecule has 5 aliphatic heterocycles. The van der Waals surface area contributed by atoms with Crippen LogP contribution in [0.5, 0.6) is 11.5 Å². The van der Waals surface area contributed by atoms with Crippen molar-refractivity contribution in [3.63, 3.8) is 0 Å². The Morgan fingerprint density at radius 2 is 1.96 bits per heavy atom. The lowest BCUT2D eigenvalue weighted by Gasteiger charge is -2.51. The van der Waals surface area contributed by atoms with E-state index in [9.17, 15) is 4.79 Å². The van der Waals surface area contributed by atoms with Gasteiger partial charge in [-0.25, -0.2) is 0 Å². The summed E-state index contributed by atoms with van der Waals surface area (Å²) in [5, 5.41) is 8.99. The molecule has 3 atom stereocenters. The summed E-state index contributed by atoms with van der Waals surface area (Å²) in [6.07, 6.45) is 3.56. The molecule has 1 aromatic carbocycles. The average molecular weight is 358 g/mol. The highest BCUT2D eigenvalue weighted by atomic mass is 16.7. The van der Waals surface area contributed by atoms with Gasteiger partial charge in [0.05, 0.1) is 0 Å². The number of aliphatic carboxylic acids is 1. The Balaban J connectivity index is 1.41. The van der Waals surface area contributed by atoms with Gasteiger partial charge < -0.3 is 14.6 Å². The molecule has 4 fully saturated rings. The molecule has 6 nitrogen and oxygen atoms in total. The van der Waals surface area contributed by atoms with E-state index in [2.05, 4.69) is 21.9 Å². The number of nitrogens with zero attached hydrogens (tertiary/aromatic N) is 2. The second-order valence-corrected chi connectivity index (χ2v) is 8.07. The number of likely N-dealkylation sites (tertiary alicyclic amines) is 1. The standard InChI is InChI=1S/C20H26N2O4/c23-18(24)2-1-7-22-11-15(14-3-4-16-17(10-14)26-12-25-16)20-19(22)13-5-8-21(20)9-6-13/h3-4,10,13,15,19-20H,1-2,5-9,11-12H2,(H,23,24)/t15-,19+,20+/m0/s1. The number of hydrogen-bond donors (Lipinski definition) is 1. The molecule has 0 amide bonds. The molecule has 1 aromatic rings. The summed E-state index contributed by atoms with van der Waals surface area (Å²) in [6, 6.07) is 7.51. The maximum Gasteiger partial charge on any atom is 0.303 e. The molecular weight excluding hydrogens is 332 g/mol. The van der Waals surface area contributed by atoms with Gasteiger partial charge in [-0.1, -0.05) is 6.07 Å². The minimum Gasteiger partial charge on any atom is -0.481 e. The van der Waals surface area contributed by atoms with Gasteiger partial charge in [0.1, 0.15) is 0 Å². The zero-order chi connectivity index (χ0) is 17.7. The zero-order valence-electron chi connectivity index (χ0n) is 15.0. The maximum absolute atomic E-state index is 10.9. The van der Waals surface area contributed by atoms with Gasteiger partial charge in [-0.2, -0.15) is 0 Å². The van der Waals surface area contributed by atoms with Crippen molar-refractivity contribution in [2.75, 3.05) is 33.0 Å². The first kappa shape index (κ1) is 16.4. The Labute approximate surface area is 153 Å². The van der Waals surface area contributed by atoms with E-state index in [1.54, 1.807) is 0 Å². The van der Waals surface area contributed by atoms with Gasteiger partial charge in [0.25, 0.3) is 0 Å². The van der Waals surface area contributed by atoms with E-state index in [1.165, 1.54) is 31.5 Å². The van der Waals surface area contributed by atoms with E-state index in [0.717, 1.165) is 36.9 Å². The molecule has 140 valence electrons. The lowest BCUT2D eigenvalue weighted by Crippen LogP contribution is -2.60. The molecule has 6 heteroatoms. The molecule has 5 heterocycles. The topological polar surface area (TPSA) is 62.2 Å². The van der Waals surface area contributed by atoms with Crippen LogP contribution in [0, 0.1) is 5.92 Å². The summed E-state index contributed by atoms with van der Waals surface area (Å²) in [7, 11) is 0. The van der Waals surface area contributed by atoms with Gasteiger partial charge in [0.15, 0.2) is 11.5 Å². The largest absolute Gasteiger partial charge is 0.481 e. The van der Waals surface area contributed by atoms with E-state index in [1.807, 2.05) is 6.07 Å². The number of fused-ring (bicyclic) bond motifs is 3. The number of carboxylic acid groups (broad SMARTS) is 1. The predicted octanol–water partition coefficient (Wildman–Crippen LogP) is 2.14. The van der Waals surface area contributed by atoms with Crippen molar-refractivity contribution in [1.29, 1.82) is 0 Å². The SMILES string of the molecule is O=C(O)CCCN1C[C@@H](c2ccc3c(c2)OCO3)[C@@H]2[C@H]1C1CCN2CC1. The average Bonchev–Trinajstić information content (AvgIpc) is 3.27. The summed E-state index contributed by atoms with van der Waals surface area (Å²) in [5.41, 5.74) is 1.33. The van der Waals surface area contributed by atoms with Crippen LogP contribution in [-0.2, 0) is 4.79 Å². The van der Waals surface area contributed by atoms with E-state index in [0.29, 0.717) is 24.8 Å². The molecular formula is C20H26N2O4. The molecule has 26 heavy (non-hydrogen) atoms. The minimum atomic E-state index is -0.693. The number of benzene rings is 1. The van der Waals surface area contributed by atoms with Crippen LogP contribution in [0.2, 0.25) is 0 Å². The predicted molar refractivity (Wildman–Crippen MR) is 95.6 cm³/mol. The maximum atomic E-state index is 10.9. The van der Waals surface area contributed by atoms with Gasteiger partial charge in [-0.3, -0.25) is 14.6 Å². The van der Waals surface area contributed by atoms with E-state index in [-0.39, 0.29) is 6.42 Å². The van der Waals surface area contributed by atoms with Crippen molar-refractivity contribution in [3.05, 3.63) is 23.8 Å². The molecule has 0 unspecified atom stereocenters. The second kappa shape index (κ2) is 6.43. The molecule has 0 saturated carbocycles. The fraction of sp³-hybridized carbons (Fsp3) is 0.650. The van der Waals surface area contributed by atoms with E-state index >= 15 is 0 Å². The van der Waals surface area contributed by atoms with Crippen molar-refractivity contribution < 1.29 is 19.4 Å². The van der Waals surface area contributed by atoms with Crippen molar-refractivity contribution in [1.82, 2.24) is 9.80 Å². The Hall–Kier alpha value is -1.79. The summed E-state index contributed by atoms with van der Waals surface area (Å²) >= 11 is 0. The Morgan fingerprint density at radius 3 is 2.77 bits per heavy atom. The van der Waals surface area contributed by atoms with Crippen molar-refractivity contribution >= 4 is 5.97 Å². The lowest BCUT2D eigenvalue weighted by molar-refractivity contribution is -0.137.